The largest absolute Gasteiger partial charge is 0.366 e. The molecule has 0 bridgehead atoms. The van der Waals surface area contributed by atoms with Crippen LogP contribution in [0.4, 0.5) is 11.4 Å². The lowest BCUT2D eigenvalue weighted by molar-refractivity contribution is -0.384. The van der Waals surface area contributed by atoms with Gasteiger partial charge in [-0.05, 0) is 26.0 Å². The van der Waals surface area contributed by atoms with Gasteiger partial charge in [0.05, 0.1) is 4.92 Å². The molecule has 1 heterocycles. The maximum absolute atomic E-state index is 11.3. The Morgan fingerprint density at radius 2 is 2.20 bits per heavy atom. The fraction of sp³-hybridized carbons (Fsp3) is 0.462. The first-order chi connectivity index (χ1) is 9.40. The molecule has 0 radical (unpaired) electrons. The summed E-state index contributed by atoms with van der Waals surface area (Å²) in [6.07, 6.45) is 0. The van der Waals surface area contributed by atoms with E-state index in [1.807, 2.05) is 18.7 Å². The van der Waals surface area contributed by atoms with Gasteiger partial charge in [-0.1, -0.05) is 0 Å². The number of anilines is 1. The molecule has 3 N–H and O–H groups in total. The van der Waals surface area contributed by atoms with E-state index in [0.29, 0.717) is 12.2 Å². The number of hydrogen-bond donors (Lipinski definition) is 2. The monoisotopic (exact) mass is 278 g/mol. The molecule has 2 unspecified atom stereocenters. The highest BCUT2D eigenvalue weighted by Gasteiger charge is 2.28. The van der Waals surface area contributed by atoms with Crippen molar-refractivity contribution in [2.45, 2.75) is 25.9 Å². The number of carbonyl (C=O) groups excluding carboxylic acids is 1. The molecule has 1 aromatic rings. The number of amides is 1. The van der Waals surface area contributed by atoms with E-state index in [1.165, 1.54) is 18.2 Å². The van der Waals surface area contributed by atoms with Crippen LogP contribution in [0, 0.1) is 10.1 Å². The van der Waals surface area contributed by atoms with E-state index >= 15 is 0 Å². The van der Waals surface area contributed by atoms with Crippen molar-refractivity contribution in [3.8, 4) is 0 Å². The van der Waals surface area contributed by atoms with Gasteiger partial charge >= 0.3 is 0 Å². The first kappa shape index (κ1) is 14.3. The third kappa shape index (κ3) is 2.72. The molecule has 7 heteroatoms. The minimum Gasteiger partial charge on any atom is -0.366 e. The zero-order valence-corrected chi connectivity index (χ0v) is 11.5. The maximum atomic E-state index is 11.3. The molecule has 20 heavy (non-hydrogen) atoms. The highest BCUT2D eigenvalue weighted by Crippen LogP contribution is 2.31. The first-order valence-electron chi connectivity index (χ1n) is 6.48. The molecule has 1 saturated heterocycles. The number of nitrogens with zero attached hydrogens (tertiary/aromatic N) is 2. The summed E-state index contributed by atoms with van der Waals surface area (Å²) in [5.41, 5.74) is 5.99. The molecule has 108 valence electrons. The van der Waals surface area contributed by atoms with Gasteiger partial charge in [0.15, 0.2) is 0 Å². The highest BCUT2D eigenvalue weighted by atomic mass is 16.6. The van der Waals surface area contributed by atoms with E-state index in [-0.39, 0.29) is 23.3 Å². The summed E-state index contributed by atoms with van der Waals surface area (Å²) in [6, 6.07) is 4.57. The third-order valence-corrected chi connectivity index (χ3v) is 3.53. The molecular weight excluding hydrogens is 260 g/mol. The molecule has 7 nitrogen and oxygen atoms in total. The molecule has 1 aromatic carbocycles. The van der Waals surface area contributed by atoms with Gasteiger partial charge in [0.25, 0.3) is 5.69 Å². The summed E-state index contributed by atoms with van der Waals surface area (Å²) in [6.45, 7) is 5.38. The topological polar surface area (TPSA) is 102 Å². The summed E-state index contributed by atoms with van der Waals surface area (Å²) in [5.74, 6) is -0.586. The number of primary amides is 1. The molecule has 2 atom stereocenters. The van der Waals surface area contributed by atoms with E-state index in [9.17, 15) is 14.9 Å². The Bertz CT molecular complexity index is 546. The van der Waals surface area contributed by atoms with Gasteiger partial charge in [0.2, 0.25) is 5.91 Å². The Hall–Kier alpha value is -2.15. The van der Waals surface area contributed by atoms with E-state index in [2.05, 4.69) is 5.32 Å². The number of nitrogens with two attached hydrogens (primary N) is 1. The van der Waals surface area contributed by atoms with Gasteiger partial charge < -0.3 is 16.0 Å². The van der Waals surface area contributed by atoms with Gasteiger partial charge in [0.1, 0.15) is 5.69 Å². The number of hydrogen-bond acceptors (Lipinski definition) is 5. The van der Waals surface area contributed by atoms with Crippen LogP contribution in [0.1, 0.15) is 24.2 Å². The second-order valence-electron chi connectivity index (χ2n) is 5.14. The molecule has 0 aliphatic carbocycles. The molecule has 1 aliphatic heterocycles. The Morgan fingerprint density at radius 1 is 1.50 bits per heavy atom. The average molecular weight is 278 g/mol. The first-order valence-corrected chi connectivity index (χ1v) is 6.48. The van der Waals surface area contributed by atoms with Crippen LogP contribution in [0.5, 0.6) is 0 Å². The van der Waals surface area contributed by atoms with Crippen molar-refractivity contribution in [1.29, 1.82) is 0 Å². The summed E-state index contributed by atoms with van der Waals surface area (Å²) in [4.78, 5) is 24.0. The molecule has 1 fully saturated rings. The fourth-order valence-electron chi connectivity index (χ4n) is 2.42. The standard InChI is InChI=1S/C13H18N4O3/c1-8-7-16(9(2)6-15-8)12-5-10(13(14)18)3-4-11(12)17(19)20/h3-5,8-9,15H,6-7H2,1-2H3,(H2,14,18). The van der Waals surface area contributed by atoms with Gasteiger partial charge in [-0.3, -0.25) is 14.9 Å². The number of benzene rings is 1. The highest BCUT2D eigenvalue weighted by molar-refractivity contribution is 5.94. The van der Waals surface area contributed by atoms with Crippen molar-refractivity contribution in [3.05, 3.63) is 33.9 Å². The van der Waals surface area contributed by atoms with Crippen LogP contribution >= 0.6 is 0 Å². The minimum atomic E-state index is -0.586. The van der Waals surface area contributed by atoms with Crippen molar-refractivity contribution in [1.82, 2.24) is 5.32 Å². The Balaban J connectivity index is 2.48. The van der Waals surface area contributed by atoms with Crippen LogP contribution < -0.4 is 16.0 Å². The van der Waals surface area contributed by atoms with E-state index in [0.717, 1.165) is 6.54 Å². The summed E-state index contributed by atoms with van der Waals surface area (Å²) in [5, 5.41) is 14.5. The predicted octanol–water partition coefficient (Wildman–Crippen LogP) is 0.880. The van der Waals surface area contributed by atoms with Crippen molar-refractivity contribution < 1.29 is 9.72 Å². The van der Waals surface area contributed by atoms with Crippen molar-refractivity contribution in [3.63, 3.8) is 0 Å². The fourth-order valence-corrected chi connectivity index (χ4v) is 2.42. The Labute approximate surface area is 116 Å². The molecule has 0 saturated carbocycles. The summed E-state index contributed by atoms with van der Waals surface area (Å²) in [7, 11) is 0. The maximum Gasteiger partial charge on any atom is 0.292 e. The van der Waals surface area contributed by atoms with Gasteiger partial charge in [-0.25, -0.2) is 0 Å². The number of nitrogens with one attached hydrogen (secondary N) is 1. The molecular formula is C13H18N4O3. The average Bonchev–Trinajstić information content (AvgIpc) is 2.40. The van der Waals surface area contributed by atoms with Gasteiger partial charge in [-0.15, -0.1) is 0 Å². The summed E-state index contributed by atoms with van der Waals surface area (Å²) >= 11 is 0. The smallest absolute Gasteiger partial charge is 0.292 e. The number of rotatable bonds is 3. The SMILES string of the molecule is CC1CN(c2cc(C(N)=O)ccc2[N+](=O)[O-])C(C)CN1. The third-order valence-electron chi connectivity index (χ3n) is 3.53. The molecule has 0 spiro atoms. The summed E-state index contributed by atoms with van der Waals surface area (Å²) < 4.78 is 0. The van der Waals surface area contributed by atoms with Crippen LogP contribution in [-0.4, -0.2) is 36.0 Å². The lowest BCUT2D eigenvalue weighted by Crippen LogP contribution is -2.54. The van der Waals surface area contributed by atoms with Crippen molar-refractivity contribution in [2.24, 2.45) is 5.73 Å². The molecule has 0 aromatic heterocycles. The molecule has 1 amide bonds. The van der Waals surface area contributed by atoms with Crippen LogP contribution in [-0.2, 0) is 0 Å². The van der Waals surface area contributed by atoms with E-state index in [1.54, 1.807) is 0 Å². The van der Waals surface area contributed by atoms with Gasteiger partial charge in [0, 0.05) is 36.8 Å². The quantitative estimate of drug-likeness (QED) is 0.631. The molecule has 2 rings (SSSR count). The van der Waals surface area contributed by atoms with Crippen molar-refractivity contribution >= 4 is 17.3 Å². The minimum absolute atomic E-state index is 0.00375. The van der Waals surface area contributed by atoms with E-state index < -0.39 is 10.8 Å². The second-order valence-corrected chi connectivity index (χ2v) is 5.14. The number of carbonyl (C=O) groups is 1. The Kier molecular flexibility index (Phi) is 3.89. The van der Waals surface area contributed by atoms with Gasteiger partial charge in [-0.2, -0.15) is 0 Å². The predicted molar refractivity (Wildman–Crippen MR) is 75.9 cm³/mol. The number of piperazine rings is 1. The zero-order valence-electron chi connectivity index (χ0n) is 11.5. The van der Waals surface area contributed by atoms with Crippen LogP contribution in [0.25, 0.3) is 0 Å². The van der Waals surface area contributed by atoms with Crippen LogP contribution in [0.2, 0.25) is 0 Å². The van der Waals surface area contributed by atoms with Crippen molar-refractivity contribution in [2.75, 3.05) is 18.0 Å². The Morgan fingerprint density at radius 3 is 2.80 bits per heavy atom. The molecule has 1 aliphatic rings. The second kappa shape index (κ2) is 5.46. The zero-order chi connectivity index (χ0) is 14.9. The van der Waals surface area contributed by atoms with E-state index in [4.69, 9.17) is 5.73 Å². The van der Waals surface area contributed by atoms with Crippen LogP contribution in [0.3, 0.4) is 0 Å². The number of nitro benzene ring substituents is 1. The normalized spacial score (nSPS) is 22.6. The number of nitro groups is 1. The lowest BCUT2D eigenvalue weighted by atomic mass is 10.1. The van der Waals surface area contributed by atoms with Crippen LogP contribution in [0.15, 0.2) is 18.2 Å². The lowest BCUT2D eigenvalue weighted by Gasteiger charge is -2.38.